The molecule has 0 fully saturated rings. The summed E-state index contributed by atoms with van der Waals surface area (Å²) in [5.74, 6) is 0.667. The standard InChI is InChI=1S/C15H21N3O/c1-3-4-5-8-12(2)16-13-11-15(19)18-10-7-6-9-14(18)17-13/h6-7,9-12,16H,3-5,8H2,1-2H3. The molecule has 4 heteroatoms. The summed E-state index contributed by atoms with van der Waals surface area (Å²) >= 11 is 0. The van der Waals surface area contributed by atoms with E-state index < -0.39 is 0 Å². The molecular formula is C15H21N3O. The molecule has 2 aromatic heterocycles. The summed E-state index contributed by atoms with van der Waals surface area (Å²) in [5, 5.41) is 3.31. The van der Waals surface area contributed by atoms with Gasteiger partial charge in [0, 0.05) is 18.3 Å². The van der Waals surface area contributed by atoms with Crippen molar-refractivity contribution in [2.75, 3.05) is 5.32 Å². The first-order chi connectivity index (χ1) is 9.20. The Morgan fingerprint density at radius 2 is 2.21 bits per heavy atom. The van der Waals surface area contributed by atoms with Gasteiger partial charge in [-0.25, -0.2) is 4.98 Å². The van der Waals surface area contributed by atoms with Crippen LogP contribution in [0.25, 0.3) is 5.65 Å². The number of aromatic nitrogens is 2. The Morgan fingerprint density at radius 3 is 3.00 bits per heavy atom. The van der Waals surface area contributed by atoms with Gasteiger partial charge in [0.25, 0.3) is 5.56 Å². The summed E-state index contributed by atoms with van der Waals surface area (Å²) < 4.78 is 1.55. The van der Waals surface area contributed by atoms with E-state index in [0.29, 0.717) is 17.5 Å². The Balaban J connectivity index is 2.11. The molecule has 0 saturated carbocycles. The van der Waals surface area contributed by atoms with Crippen LogP contribution >= 0.6 is 0 Å². The topological polar surface area (TPSA) is 46.4 Å². The molecule has 0 aliphatic carbocycles. The molecule has 2 heterocycles. The molecule has 0 radical (unpaired) electrons. The van der Waals surface area contributed by atoms with Gasteiger partial charge in [-0.15, -0.1) is 0 Å². The molecule has 2 aromatic rings. The van der Waals surface area contributed by atoms with Gasteiger partial charge < -0.3 is 5.32 Å². The van der Waals surface area contributed by atoms with Gasteiger partial charge in [-0.05, 0) is 25.5 Å². The molecule has 0 aliphatic rings. The van der Waals surface area contributed by atoms with Crippen LogP contribution in [0.2, 0.25) is 0 Å². The molecule has 0 aromatic carbocycles. The van der Waals surface area contributed by atoms with Gasteiger partial charge in [0.15, 0.2) is 0 Å². The normalized spacial score (nSPS) is 12.5. The van der Waals surface area contributed by atoms with E-state index in [1.807, 2.05) is 18.2 Å². The van der Waals surface area contributed by atoms with Crippen molar-refractivity contribution in [2.45, 2.75) is 45.6 Å². The molecular weight excluding hydrogens is 238 g/mol. The number of fused-ring (bicyclic) bond motifs is 1. The predicted octanol–water partition coefficient (Wildman–Crippen LogP) is 3.08. The maximum absolute atomic E-state index is 11.9. The minimum atomic E-state index is -0.0474. The van der Waals surface area contributed by atoms with E-state index in [9.17, 15) is 4.79 Å². The Morgan fingerprint density at radius 1 is 1.37 bits per heavy atom. The van der Waals surface area contributed by atoms with Crippen LogP contribution in [0.15, 0.2) is 35.3 Å². The average molecular weight is 259 g/mol. The molecule has 0 spiro atoms. The van der Waals surface area contributed by atoms with Crippen molar-refractivity contribution in [1.29, 1.82) is 0 Å². The Bertz CT molecular complexity index is 591. The third kappa shape index (κ3) is 3.56. The monoisotopic (exact) mass is 259 g/mol. The van der Waals surface area contributed by atoms with E-state index in [2.05, 4.69) is 24.1 Å². The molecule has 0 aliphatic heterocycles. The molecule has 4 nitrogen and oxygen atoms in total. The van der Waals surface area contributed by atoms with Crippen LogP contribution in [-0.4, -0.2) is 15.4 Å². The van der Waals surface area contributed by atoms with E-state index in [4.69, 9.17) is 0 Å². The van der Waals surface area contributed by atoms with Gasteiger partial charge in [0.1, 0.15) is 11.5 Å². The molecule has 0 amide bonds. The third-order valence-electron chi connectivity index (χ3n) is 3.21. The zero-order chi connectivity index (χ0) is 13.7. The van der Waals surface area contributed by atoms with Gasteiger partial charge in [0.05, 0.1) is 0 Å². The second kappa shape index (κ2) is 6.36. The van der Waals surface area contributed by atoms with Crippen LogP contribution in [-0.2, 0) is 0 Å². The molecule has 0 saturated heterocycles. The van der Waals surface area contributed by atoms with E-state index in [0.717, 1.165) is 6.42 Å². The highest BCUT2D eigenvalue weighted by Crippen LogP contribution is 2.09. The Labute approximate surface area is 113 Å². The van der Waals surface area contributed by atoms with Crippen LogP contribution in [0.5, 0.6) is 0 Å². The minimum Gasteiger partial charge on any atom is -0.367 e. The van der Waals surface area contributed by atoms with Crippen molar-refractivity contribution in [1.82, 2.24) is 9.38 Å². The number of nitrogens with one attached hydrogen (secondary N) is 1. The fourth-order valence-corrected chi connectivity index (χ4v) is 2.15. The molecule has 1 atom stereocenters. The average Bonchev–Trinajstić information content (AvgIpc) is 2.39. The van der Waals surface area contributed by atoms with E-state index >= 15 is 0 Å². The zero-order valence-electron chi connectivity index (χ0n) is 11.6. The zero-order valence-corrected chi connectivity index (χ0v) is 11.6. The number of rotatable bonds is 6. The lowest BCUT2D eigenvalue weighted by Gasteiger charge is -2.14. The van der Waals surface area contributed by atoms with Crippen molar-refractivity contribution in [3.8, 4) is 0 Å². The first-order valence-electron chi connectivity index (χ1n) is 6.95. The van der Waals surface area contributed by atoms with Crippen LogP contribution < -0.4 is 10.9 Å². The van der Waals surface area contributed by atoms with Gasteiger partial charge in [-0.2, -0.15) is 0 Å². The maximum Gasteiger partial charge on any atom is 0.259 e. The molecule has 102 valence electrons. The van der Waals surface area contributed by atoms with Crippen molar-refractivity contribution in [2.24, 2.45) is 0 Å². The van der Waals surface area contributed by atoms with Crippen LogP contribution in [0.4, 0.5) is 5.82 Å². The van der Waals surface area contributed by atoms with Gasteiger partial charge >= 0.3 is 0 Å². The van der Waals surface area contributed by atoms with E-state index in [1.165, 1.54) is 19.3 Å². The number of anilines is 1. The second-order valence-corrected chi connectivity index (χ2v) is 4.95. The number of unbranched alkanes of at least 4 members (excludes halogenated alkanes) is 2. The maximum atomic E-state index is 11.9. The fraction of sp³-hybridized carbons (Fsp3) is 0.467. The quantitative estimate of drug-likeness (QED) is 0.811. The van der Waals surface area contributed by atoms with Crippen LogP contribution in [0.1, 0.15) is 39.5 Å². The Kier molecular flexibility index (Phi) is 4.55. The summed E-state index contributed by atoms with van der Waals surface area (Å²) in [4.78, 5) is 16.4. The SMILES string of the molecule is CCCCCC(C)Nc1cc(=O)n2ccccc2n1. The largest absolute Gasteiger partial charge is 0.367 e. The van der Waals surface area contributed by atoms with Crippen molar-refractivity contribution < 1.29 is 0 Å². The summed E-state index contributed by atoms with van der Waals surface area (Å²) in [6, 6.07) is 7.45. The van der Waals surface area contributed by atoms with Crippen molar-refractivity contribution >= 4 is 11.5 Å². The van der Waals surface area contributed by atoms with Crippen molar-refractivity contribution in [3.63, 3.8) is 0 Å². The summed E-state index contributed by atoms with van der Waals surface area (Å²) in [7, 11) is 0. The predicted molar refractivity (Wildman–Crippen MR) is 78.7 cm³/mol. The molecule has 19 heavy (non-hydrogen) atoms. The second-order valence-electron chi connectivity index (χ2n) is 4.95. The molecule has 0 bridgehead atoms. The highest BCUT2D eigenvalue weighted by atomic mass is 16.1. The summed E-state index contributed by atoms with van der Waals surface area (Å²) in [6.45, 7) is 4.33. The molecule has 2 rings (SSSR count). The smallest absolute Gasteiger partial charge is 0.259 e. The number of nitrogens with zero attached hydrogens (tertiary/aromatic N) is 2. The number of hydrogen-bond donors (Lipinski definition) is 1. The lowest BCUT2D eigenvalue weighted by Crippen LogP contribution is -2.20. The fourth-order valence-electron chi connectivity index (χ4n) is 2.15. The summed E-state index contributed by atoms with van der Waals surface area (Å²) in [6.07, 6.45) is 6.52. The van der Waals surface area contributed by atoms with E-state index in [1.54, 1.807) is 16.7 Å². The van der Waals surface area contributed by atoms with Crippen LogP contribution in [0.3, 0.4) is 0 Å². The highest BCUT2D eigenvalue weighted by Gasteiger charge is 2.05. The van der Waals surface area contributed by atoms with Crippen LogP contribution in [0, 0.1) is 0 Å². The lowest BCUT2D eigenvalue weighted by molar-refractivity contribution is 0.613. The Hall–Kier alpha value is -1.84. The van der Waals surface area contributed by atoms with Gasteiger partial charge in [-0.1, -0.05) is 32.3 Å². The minimum absolute atomic E-state index is 0.0474. The summed E-state index contributed by atoms with van der Waals surface area (Å²) in [5.41, 5.74) is 0.632. The van der Waals surface area contributed by atoms with Gasteiger partial charge in [0.2, 0.25) is 0 Å². The first kappa shape index (κ1) is 13.6. The molecule has 1 unspecified atom stereocenters. The number of pyridine rings is 1. The lowest BCUT2D eigenvalue weighted by atomic mass is 10.1. The van der Waals surface area contributed by atoms with E-state index in [-0.39, 0.29) is 5.56 Å². The number of hydrogen-bond acceptors (Lipinski definition) is 3. The third-order valence-corrected chi connectivity index (χ3v) is 3.21. The van der Waals surface area contributed by atoms with Crippen molar-refractivity contribution in [3.05, 3.63) is 40.8 Å². The van der Waals surface area contributed by atoms with Gasteiger partial charge in [-0.3, -0.25) is 9.20 Å². The molecule has 1 N–H and O–H groups in total. The highest BCUT2D eigenvalue weighted by molar-refractivity contribution is 5.46. The first-order valence-corrected chi connectivity index (χ1v) is 6.95.